The predicted molar refractivity (Wildman–Crippen MR) is 97.4 cm³/mol. The lowest BCUT2D eigenvalue weighted by molar-refractivity contribution is -0.121. The van der Waals surface area contributed by atoms with Gasteiger partial charge in [0.1, 0.15) is 0 Å². The zero-order chi connectivity index (χ0) is 16.2. The molecule has 3 nitrogen and oxygen atoms in total. The number of hydrogen-bond acceptors (Lipinski definition) is 3. The van der Waals surface area contributed by atoms with E-state index in [-0.39, 0.29) is 5.91 Å². The van der Waals surface area contributed by atoms with Gasteiger partial charge in [0.15, 0.2) is 0 Å². The van der Waals surface area contributed by atoms with E-state index in [0.29, 0.717) is 18.2 Å². The molecular weight excluding hydrogens is 292 g/mol. The van der Waals surface area contributed by atoms with Gasteiger partial charge in [0.05, 0.1) is 0 Å². The van der Waals surface area contributed by atoms with Gasteiger partial charge in [0.25, 0.3) is 0 Å². The zero-order valence-electron chi connectivity index (χ0n) is 13.7. The minimum absolute atomic E-state index is 0.168. The van der Waals surface area contributed by atoms with Gasteiger partial charge >= 0.3 is 0 Å². The Morgan fingerprint density at radius 1 is 1.18 bits per heavy atom. The SMILES string of the molecule is Cc1ccc(CCCC(=O)NCCCCCC(S)CN)cc1. The van der Waals surface area contributed by atoms with Crippen molar-refractivity contribution in [3.8, 4) is 0 Å². The normalized spacial score (nSPS) is 12.1. The summed E-state index contributed by atoms with van der Waals surface area (Å²) in [4.78, 5) is 11.7. The standard InChI is InChI=1S/C18H30N2OS/c1-15-9-11-16(12-10-15)6-5-8-18(21)20-13-4-2-3-7-17(22)14-19/h9-12,17,22H,2-8,13-14,19H2,1H3,(H,20,21). The van der Waals surface area contributed by atoms with Gasteiger partial charge in [-0.15, -0.1) is 0 Å². The maximum absolute atomic E-state index is 11.7. The topological polar surface area (TPSA) is 55.1 Å². The first kappa shape index (κ1) is 19.0. The summed E-state index contributed by atoms with van der Waals surface area (Å²) in [5.41, 5.74) is 8.10. The summed E-state index contributed by atoms with van der Waals surface area (Å²) in [7, 11) is 0. The maximum atomic E-state index is 11.7. The average molecular weight is 323 g/mol. The molecule has 1 atom stereocenters. The molecule has 0 fully saturated rings. The van der Waals surface area contributed by atoms with Gasteiger partial charge in [-0.25, -0.2) is 0 Å². The quantitative estimate of drug-likeness (QED) is 0.433. The molecule has 3 N–H and O–H groups in total. The summed E-state index contributed by atoms with van der Waals surface area (Å²) in [6.45, 7) is 3.51. The molecule has 0 radical (unpaired) electrons. The number of unbranched alkanes of at least 4 members (excludes halogenated alkanes) is 2. The summed E-state index contributed by atoms with van der Waals surface area (Å²) in [5, 5.41) is 3.31. The number of hydrogen-bond donors (Lipinski definition) is 3. The summed E-state index contributed by atoms with van der Waals surface area (Å²) in [6, 6.07) is 8.53. The zero-order valence-corrected chi connectivity index (χ0v) is 14.6. The minimum atomic E-state index is 0.168. The summed E-state index contributed by atoms with van der Waals surface area (Å²) in [6.07, 6.45) is 6.84. The third-order valence-electron chi connectivity index (χ3n) is 3.80. The number of nitrogens with one attached hydrogen (secondary N) is 1. The fourth-order valence-corrected chi connectivity index (χ4v) is 2.51. The Balaban J connectivity index is 1.98. The highest BCUT2D eigenvalue weighted by Crippen LogP contribution is 2.08. The molecule has 1 amide bonds. The van der Waals surface area contributed by atoms with Crippen LogP contribution in [-0.4, -0.2) is 24.2 Å². The fraction of sp³-hybridized carbons (Fsp3) is 0.611. The van der Waals surface area contributed by atoms with Crippen LogP contribution in [-0.2, 0) is 11.2 Å². The molecule has 1 aromatic carbocycles. The van der Waals surface area contributed by atoms with Gasteiger partial charge in [0.2, 0.25) is 5.91 Å². The molecule has 4 heteroatoms. The first-order chi connectivity index (χ1) is 10.6. The molecule has 1 rings (SSSR count). The Morgan fingerprint density at radius 2 is 1.91 bits per heavy atom. The molecule has 0 aromatic heterocycles. The molecule has 0 aliphatic rings. The van der Waals surface area contributed by atoms with E-state index in [9.17, 15) is 4.79 Å². The predicted octanol–water partition coefficient (Wildman–Crippen LogP) is 3.25. The van der Waals surface area contributed by atoms with E-state index in [1.165, 1.54) is 11.1 Å². The van der Waals surface area contributed by atoms with Crippen molar-refractivity contribution in [2.75, 3.05) is 13.1 Å². The summed E-state index contributed by atoms with van der Waals surface area (Å²) < 4.78 is 0. The lowest BCUT2D eigenvalue weighted by Gasteiger charge is -2.08. The van der Waals surface area contributed by atoms with Crippen molar-refractivity contribution in [2.45, 2.75) is 57.1 Å². The Hall–Kier alpha value is -1.00. The molecule has 124 valence electrons. The second-order valence-corrected chi connectivity index (χ2v) is 6.66. The average Bonchev–Trinajstić information content (AvgIpc) is 2.52. The van der Waals surface area contributed by atoms with Crippen molar-refractivity contribution < 1.29 is 4.79 Å². The van der Waals surface area contributed by atoms with Gasteiger partial charge in [-0.1, -0.05) is 42.7 Å². The van der Waals surface area contributed by atoms with Gasteiger partial charge in [-0.2, -0.15) is 12.6 Å². The number of carbonyl (C=O) groups is 1. The van der Waals surface area contributed by atoms with Gasteiger partial charge in [-0.3, -0.25) is 4.79 Å². The largest absolute Gasteiger partial charge is 0.356 e. The smallest absolute Gasteiger partial charge is 0.220 e. The number of nitrogens with two attached hydrogens (primary N) is 1. The third-order valence-corrected chi connectivity index (χ3v) is 4.27. The van der Waals surface area contributed by atoms with Crippen molar-refractivity contribution >= 4 is 18.5 Å². The van der Waals surface area contributed by atoms with E-state index in [4.69, 9.17) is 5.73 Å². The monoisotopic (exact) mass is 322 g/mol. The van der Waals surface area contributed by atoms with Crippen molar-refractivity contribution in [1.29, 1.82) is 0 Å². The molecule has 0 aliphatic heterocycles. The first-order valence-corrected chi connectivity index (χ1v) is 8.84. The first-order valence-electron chi connectivity index (χ1n) is 8.32. The molecule has 22 heavy (non-hydrogen) atoms. The number of carbonyl (C=O) groups excluding carboxylic acids is 1. The van der Waals surface area contributed by atoms with Crippen LogP contribution in [0.1, 0.15) is 49.7 Å². The van der Waals surface area contributed by atoms with E-state index in [0.717, 1.165) is 45.1 Å². The molecule has 1 unspecified atom stereocenters. The van der Waals surface area contributed by atoms with E-state index in [1.807, 2.05) is 0 Å². The van der Waals surface area contributed by atoms with Crippen LogP contribution < -0.4 is 11.1 Å². The molecule has 0 spiro atoms. The van der Waals surface area contributed by atoms with E-state index in [2.05, 4.69) is 49.1 Å². The highest BCUT2D eigenvalue weighted by Gasteiger charge is 2.02. The number of benzene rings is 1. The van der Waals surface area contributed by atoms with Crippen LogP contribution in [0.4, 0.5) is 0 Å². The van der Waals surface area contributed by atoms with Crippen LogP contribution in [0.2, 0.25) is 0 Å². The highest BCUT2D eigenvalue weighted by molar-refractivity contribution is 7.81. The molecule has 0 bridgehead atoms. The van der Waals surface area contributed by atoms with Crippen molar-refractivity contribution in [2.24, 2.45) is 5.73 Å². The Bertz CT molecular complexity index is 420. The summed E-state index contributed by atoms with van der Waals surface area (Å²) >= 11 is 4.37. The van der Waals surface area contributed by atoms with Crippen LogP contribution in [0.15, 0.2) is 24.3 Å². The molecule has 0 saturated heterocycles. The van der Waals surface area contributed by atoms with Crippen molar-refractivity contribution in [3.05, 3.63) is 35.4 Å². The lowest BCUT2D eigenvalue weighted by Crippen LogP contribution is -2.24. The number of aryl methyl sites for hydroxylation is 2. The summed E-state index contributed by atoms with van der Waals surface area (Å²) in [5.74, 6) is 0.168. The number of rotatable bonds is 11. The number of thiol groups is 1. The molecule has 0 saturated carbocycles. The van der Waals surface area contributed by atoms with E-state index >= 15 is 0 Å². The highest BCUT2D eigenvalue weighted by atomic mass is 32.1. The van der Waals surface area contributed by atoms with E-state index in [1.54, 1.807) is 0 Å². The Kier molecular flexibility index (Phi) is 10.0. The fourth-order valence-electron chi connectivity index (χ4n) is 2.32. The van der Waals surface area contributed by atoms with Crippen LogP contribution >= 0.6 is 12.6 Å². The minimum Gasteiger partial charge on any atom is -0.356 e. The molecule has 1 aromatic rings. The maximum Gasteiger partial charge on any atom is 0.220 e. The van der Waals surface area contributed by atoms with Gasteiger partial charge < -0.3 is 11.1 Å². The van der Waals surface area contributed by atoms with Crippen LogP contribution in [0.5, 0.6) is 0 Å². The van der Waals surface area contributed by atoms with Crippen LogP contribution in [0, 0.1) is 6.92 Å². The van der Waals surface area contributed by atoms with Crippen LogP contribution in [0.3, 0.4) is 0 Å². The van der Waals surface area contributed by atoms with Crippen LogP contribution in [0.25, 0.3) is 0 Å². The second-order valence-electron chi connectivity index (χ2n) is 5.93. The second kappa shape index (κ2) is 11.6. The van der Waals surface area contributed by atoms with Crippen molar-refractivity contribution in [1.82, 2.24) is 5.32 Å². The van der Waals surface area contributed by atoms with Gasteiger partial charge in [-0.05, 0) is 38.2 Å². The van der Waals surface area contributed by atoms with Crippen molar-refractivity contribution in [3.63, 3.8) is 0 Å². The third kappa shape index (κ3) is 9.11. The lowest BCUT2D eigenvalue weighted by atomic mass is 10.1. The molecule has 0 heterocycles. The van der Waals surface area contributed by atoms with E-state index < -0.39 is 0 Å². The molecule has 0 aliphatic carbocycles. The number of amides is 1. The Morgan fingerprint density at radius 3 is 2.59 bits per heavy atom. The van der Waals surface area contributed by atoms with Gasteiger partial charge in [0, 0.05) is 24.8 Å². The Labute approximate surface area is 140 Å². The molecular formula is C18H30N2OS.